The molecule has 0 unspecified atom stereocenters. The van der Waals surface area contributed by atoms with Crippen LogP contribution in [0.15, 0.2) is 16.7 Å². The molecule has 0 bridgehead atoms. The first-order valence-electron chi connectivity index (χ1n) is 4.44. The van der Waals surface area contributed by atoms with Gasteiger partial charge < -0.3 is 4.90 Å². The van der Waals surface area contributed by atoms with Crippen molar-refractivity contribution in [3.05, 3.63) is 27.5 Å². The Labute approximate surface area is 111 Å². The number of aromatic nitrogens is 1. The third-order valence-corrected chi connectivity index (χ3v) is 2.58. The first kappa shape index (κ1) is 13.4. The fourth-order valence-electron chi connectivity index (χ4n) is 1.11. The molecule has 5 nitrogen and oxygen atoms in total. The van der Waals surface area contributed by atoms with Crippen LogP contribution in [-0.2, 0) is 0 Å². The average molecular weight is 314 g/mol. The van der Waals surface area contributed by atoms with Crippen LogP contribution in [0.2, 0.25) is 5.15 Å². The summed E-state index contributed by atoms with van der Waals surface area (Å²) in [6.07, 6.45) is 1.46. The van der Waals surface area contributed by atoms with E-state index in [9.17, 15) is 4.79 Å². The van der Waals surface area contributed by atoms with Crippen molar-refractivity contribution >= 4 is 33.4 Å². The predicted molar refractivity (Wildman–Crippen MR) is 64.1 cm³/mol. The molecule has 0 aliphatic rings. The van der Waals surface area contributed by atoms with Crippen molar-refractivity contribution in [2.24, 2.45) is 0 Å². The number of carbonyl (C=O) groups is 1. The SMILES string of the molecule is N#CCN(CC#N)C(=O)c1cc(Br)cnc1Cl. The molecule has 0 saturated heterocycles. The molecule has 0 aromatic carbocycles. The second-order valence-corrected chi connectivity index (χ2v) is 4.24. The van der Waals surface area contributed by atoms with Gasteiger partial charge in [-0.25, -0.2) is 4.98 Å². The van der Waals surface area contributed by atoms with Crippen LogP contribution in [0, 0.1) is 22.7 Å². The van der Waals surface area contributed by atoms with Crippen LogP contribution in [0.3, 0.4) is 0 Å². The monoisotopic (exact) mass is 312 g/mol. The first-order chi connectivity index (χ1) is 8.10. The van der Waals surface area contributed by atoms with Gasteiger partial charge in [-0.05, 0) is 22.0 Å². The van der Waals surface area contributed by atoms with Gasteiger partial charge in [0.05, 0.1) is 17.7 Å². The van der Waals surface area contributed by atoms with Crippen molar-refractivity contribution in [2.45, 2.75) is 0 Å². The van der Waals surface area contributed by atoms with Crippen LogP contribution >= 0.6 is 27.5 Å². The fraction of sp³-hybridized carbons (Fsp3) is 0.200. The fourth-order valence-corrected chi connectivity index (χ4v) is 1.63. The summed E-state index contributed by atoms with van der Waals surface area (Å²) in [4.78, 5) is 16.9. The van der Waals surface area contributed by atoms with Crippen molar-refractivity contribution in [3.63, 3.8) is 0 Å². The molecule has 0 saturated carbocycles. The Bertz CT molecular complexity index is 504. The summed E-state index contributed by atoms with van der Waals surface area (Å²) in [5.74, 6) is -0.494. The van der Waals surface area contributed by atoms with Crippen molar-refractivity contribution in [1.82, 2.24) is 9.88 Å². The number of nitriles is 2. The third-order valence-electron chi connectivity index (χ3n) is 1.85. The van der Waals surface area contributed by atoms with E-state index >= 15 is 0 Å². The van der Waals surface area contributed by atoms with Gasteiger partial charge in [0.25, 0.3) is 5.91 Å². The maximum absolute atomic E-state index is 12.0. The van der Waals surface area contributed by atoms with Gasteiger partial charge in [0, 0.05) is 10.7 Å². The zero-order chi connectivity index (χ0) is 12.8. The minimum atomic E-state index is -0.494. The van der Waals surface area contributed by atoms with Crippen LogP contribution in [0.4, 0.5) is 0 Å². The molecule has 86 valence electrons. The van der Waals surface area contributed by atoms with Gasteiger partial charge in [-0.15, -0.1) is 0 Å². The number of pyridine rings is 1. The molecule has 0 N–H and O–H groups in total. The molecule has 0 aliphatic carbocycles. The maximum atomic E-state index is 12.0. The second kappa shape index (κ2) is 6.19. The van der Waals surface area contributed by atoms with E-state index in [0.717, 1.165) is 4.90 Å². The standard InChI is InChI=1S/C10H6BrClN4O/c11-7-5-8(9(12)15-6-7)10(17)16(3-1-13)4-2-14/h5-6H,3-4H2. The van der Waals surface area contributed by atoms with E-state index in [2.05, 4.69) is 20.9 Å². The Kier molecular flexibility index (Phi) is 4.89. The van der Waals surface area contributed by atoms with E-state index < -0.39 is 5.91 Å². The molecule has 0 aliphatic heterocycles. The van der Waals surface area contributed by atoms with Gasteiger partial charge in [-0.3, -0.25) is 4.79 Å². The van der Waals surface area contributed by atoms with Crippen molar-refractivity contribution in [1.29, 1.82) is 10.5 Å². The lowest BCUT2D eigenvalue weighted by Gasteiger charge is -2.16. The van der Waals surface area contributed by atoms with Crippen LogP contribution in [0.5, 0.6) is 0 Å². The molecule has 1 aromatic heterocycles. The third kappa shape index (κ3) is 3.42. The summed E-state index contributed by atoms with van der Waals surface area (Å²) in [5, 5.41) is 17.2. The minimum Gasteiger partial charge on any atom is -0.312 e. The van der Waals surface area contributed by atoms with Gasteiger partial charge in [0.2, 0.25) is 0 Å². The topological polar surface area (TPSA) is 80.8 Å². The van der Waals surface area contributed by atoms with Gasteiger partial charge in [0.1, 0.15) is 18.2 Å². The largest absolute Gasteiger partial charge is 0.312 e. The molecule has 0 radical (unpaired) electrons. The number of hydrogen-bond donors (Lipinski definition) is 0. The van der Waals surface area contributed by atoms with Gasteiger partial charge in [-0.1, -0.05) is 11.6 Å². The molecule has 1 amide bonds. The van der Waals surface area contributed by atoms with E-state index in [-0.39, 0.29) is 23.8 Å². The minimum absolute atomic E-state index is 0.0408. The summed E-state index contributed by atoms with van der Waals surface area (Å²) in [7, 11) is 0. The molecular formula is C10H6BrClN4O. The van der Waals surface area contributed by atoms with Gasteiger partial charge in [-0.2, -0.15) is 10.5 Å². The Balaban J connectivity index is 3.06. The van der Waals surface area contributed by atoms with Crippen molar-refractivity contribution in [3.8, 4) is 12.1 Å². The smallest absolute Gasteiger partial charge is 0.258 e. The van der Waals surface area contributed by atoms with Crippen molar-refractivity contribution in [2.75, 3.05) is 13.1 Å². The van der Waals surface area contributed by atoms with Gasteiger partial charge >= 0.3 is 0 Å². The summed E-state index contributed by atoms with van der Waals surface area (Å²) < 4.78 is 0.596. The highest BCUT2D eigenvalue weighted by Gasteiger charge is 2.19. The lowest BCUT2D eigenvalue weighted by atomic mass is 10.2. The zero-order valence-corrected chi connectivity index (χ0v) is 10.9. The number of rotatable bonds is 3. The average Bonchev–Trinajstić information content (AvgIpc) is 2.31. The maximum Gasteiger partial charge on any atom is 0.258 e. The first-order valence-corrected chi connectivity index (χ1v) is 5.61. The normalized spacial score (nSPS) is 9.18. The summed E-state index contributed by atoms with van der Waals surface area (Å²) in [6.45, 7) is -0.343. The second-order valence-electron chi connectivity index (χ2n) is 2.97. The van der Waals surface area contributed by atoms with Crippen LogP contribution in [-0.4, -0.2) is 28.9 Å². The highest BCUT2D eigenvalue weighted by atomic mass is 79.9. The van der Waals surface area contributed by atoms with Crippen LogP contribution < -0.4 is 0 Å². The Morgan fingerprint density at radius 3 is 2.59 bits per heavy atom. The molecule has 1 aromatic rings. The molecule has 0 fully saturated rings. The molecule has 1 rings (SSSR count). The number of halogens is 2. The zero-order valence-electron chi connectivity index (χ0n) is 8.52. The Morgan fingerprint density at radius 2 is 2.06 bits per heavy atom. The van der Waals surface area contributed by atoms with E-state index in [1.165, 1.54) is 12.3 Å². The van der Waals surface area contributed by atoms with Crippen LogP contribution in [0.25, 0.3) is 0 Å². The Morgan fingerprint density at radius 1 is 1.47 bits per heavy atom. The molecule has 1 heterocycles. The number of nitrogens with zero attached hydrogens (tertiary/aromatic N) is 4. The highest BCUT2D eigenvalue weighted by Crippen LogP contribution is 2.19. The van der Waals surface area contributed by atoms with E-state index in [1.807, 2.05) is 12.1 Å². The summed E-state index contributed by atoms with van der Waals surface area (Å²) >= 11 is 8.96. The lowest BCUT2D eigenvalue weighted by molar-refractivity contribution is 0.0794. The Hall–Kier alpha value is -1.63. The number of amides is 1. The van der Waals surface area contributed by atoms with Crippen molar-refractivity contribution < 1.29 is 4.79 Å². The van der Waals surface area contributed by atoms with Gasteiger partial charge in [0.15, 0.2) is 0 Å². The summed E-state index contributed by atoms with van der Waals surface area (Å²) in [6, 6.07) is 5.13. The van der Waals surface area contributed by atoms with E-state index in [4.69, 9.17) is 22.1 Å². The lowest BCUT2D eigenvalue weighted by Crippen LogP contribution is -2.32. The quantitative estimate of drug-likeness (QED) is 0.631. The number of carbonyl (C=O) groups excluding carboxylic acids is 1. The molecule has 0 atom stereocenters. The van der Waals surface area contributed by atoms with Crippen LogP contribution in [0.1, 0.15) is 10.4 Å². The van der Waals surface area contributed by atoms with E-state index in [0.29, 0.717) is 4.47 Å². The molecule has 17 heavy (non-hydrogen) atoms. The molecule has 7 heteroatoms. The van der Waals surface area contributed by atoms with E-state index in [1.54, 1.807) is 0 Å². The highest BCUT2D eigenvalue weighted by molar-refractivity contribution is 9.10. The molecule has 0 spiro atoms. The predicted octanol–water partition coefficient (Wildman–Crippen LogP) is 1.99. The summed E-state index contributed by atoms with van der Waals surface area (Å²) in [5.41, 5.74) is 0.159. The molecular weight excluding hydrogens is 307 g/mol. The number of hydrogen-bond acceptors (Lipinski definition) is 4.